The second-order valence-electron chi connectivity index (χ2n) is 3.93. The van der Waals surface area contributed by atoms with Crippen LogP contribution in [-0.2, 0) is 0 Å². The van der Waals surface area contributed by atoms with Gasteiger partial charge in [0, 0.05) is 11.8 Å². The minimum absolute atomic E-state index is 0.234. The monoisotopic (exact) mass is 223 g/mol. The lowest BCUT2D eigenvalue weighted by atomic mass is 10.1. The third kappa shape index (κ3) is 1.54. The van der Waals surface area contributed by atoms with Gasteiger partial charge in [-0.25, -0.2) is 9.56 Å². The molecule has 82 valence electrons. The first-order valence-corrected chi connectivity index (χ1v) is 5.35. The first kappa shape index (κ1) is 9.84. The van der Waals surface area contributed by atoms with Crippen LogP contribution >= 0.6 is 0 Å². The van der Waals surface area contributed by atoms with Crippen molar-refractivity contribution in [1.29, 1.82) is 5.41 Å². The Hall–Kier alpha value is -2.36. The second kappa shape index (κ2) is 3.59. The SMILES string of the molecule is C[N+]1=c2cc(-c3ccccc3)cnc2=NC1=N. The Kier molecular flexibility index (Phi) is 2.08. The summed E-state index contributed by atoms with van der Waals surface area (Å²) < 4.78 is 1.73. The molecule has 0 unspecified atom stereocenters. The molecule has 0 saturated heterocycles. The van der Waals surface area contributed by atoms with Crippen molar-refractivity contribution in [3.8, 4) is 11.1 Å². The van der Waals surface area contributed by atoms with Gasteiger partial charge in [-0.1, -0.05) is 30.3 Å². The van der Waals surface area contributed by atoms with E-state index in [4.69, 9.17) is 5.41 Å². The molecule has 0 radical (unpaired) electrons. The zero-order valence-corrected chi connectivity index (χ0v) is 9.38. The molecule has 4 heteroatoms. The molecule has 0 amide bonds. The Bertz CT molecular complexity index is 717. The quantitative estimate of drug-likeness (QED) is 0.701. The predicted molar refractivity (Wildman–Crippen MR) is 65.3 cm³/mol. The standard InChI is InChI=1S/C13H11N4/c1-17-11-7-10(9-5-3-2-4-6-9)8-15-12(11)16-13(17)14/h2-8,14H,1H3/q+1. The van der Waals surface area contributed by atoms with Crippen LogP contribution in [-0.4, -0.2) is 18.0 Å². The van der Waals surface area contributed by atoms with E-state index in [1.165, 1.54) is 0 Å². The highest BCUT2D eigenvalue weighted by atomic mass is 15.2. The van der Waals surface area contributed by atoms with E-state index in [-0.39, 0.29) is 5.96 Å². The molecule has 0 spiro atoms. The molecule has 0 saturated carbocycles. The maximum Gasteiger partial charge on any atom is 0.427 e. The van der Waals surface area contributed by atoms with Gasteiger partial charge in [-0.3, -0.25) is 0 Å². The zero-order chi connectivity index (χ0) is 11.8. The Morgan fingerprint density at radius 2 is 1.88 bits per heavy atom. The van der Waals surface area contributed by atoms with Gasteiger partial charge in [-0.05, 0) is 16.6 Å². The number of rotatable bonds is 1. The highest BCUT2D eigenvalue weighted by Crippen LogP contribution is 2.14. The van der Waals surface area contributed by atoms with Crippen LogP contribution in [0.5, 0.6) is 0 Å². The van der Waals surface area contributed by atoms with E-state index in [2.05, 4.69) is 9.98 Å². The first-order chi connectivity index (χ1) is 8.25. The fourth-order valence-electron chi connectivity index (χ4n) is 1.86. The number of hydrogen-bond donors (Lipinski definition) is 1. The first-order valence-electron chi connectivity index (χ1n) is 5.35. The van der Waals surface area contributed by atoms with Crippen LogP contribution in [0.15, 0.2) is 47.6 Å². The summed E-state index contributed by atoms with van der Waals surface area (Å²) in [5, 5.41) is 8.52. The number of aromatic nitrogens is 1. The predicted octanol–water partition coefficient (Wildman–Crippen LogP) is 0.437. The molecule has 1 aromatic heterocycles. The van der Waals surface area contributed by atoms with Gasteiger partial charge in [0.15, 0.2) is 5.36 Å². The van der Waals surface area contributed by atoms with Gasteiger partial charge in [0.25, 0.3) is 5.49 Å². The van der Waals surface area contributed by atoms with Crippen molar-refractivity contribution >= 4 is 5.96 Å². The molecular formula is C13H11N4+. The Balaban J connectivity index is 2.27. The molecule has 4 nitrogen and oxygen atoms in total. The fourth-order valence-corrected chi connectivity index (χ4v) is 1.86. The number of pyridine rings is 1. The third-order valence-electron chi connectivity index (χ3n) is 2.85. The molecule has 1 aromatic carbocycles. The van der Waals surface area contributed by atoms with Crippen LogP contribution in [0, 0.1) is 5.41 Å². The van der Waals surface area contributed by atoms with E-state index in [1.807, 2.05) is 43.4 Å². The molecule has 0 bridgehead atoms. The molecule has 1 N–H and O–H groups in total. The molecule has 1 aliphatic heterocycles. The Morgan fingerprint density at radius 1 is 1.12 bits per heavy atom. The molecule has 0 aliphatic carbocycles. The van der Waals surface area contributed by atoms with Gasteiger partial charge in [-0.2, -0.15) is 0 Å². The van der Waals surface area contributed by atoms with Crippen molar-refractivity contribution in [2.45, 2.75) is 0 Å². The third-order valence-corrected chi connectivity index (χ3v) is 2.85. The minimum atomic E-state index is 0.234. The minimum Gasteiger partial charge on any atom is -0.224 e. The number of fused-ring (bicyclic) bond motifs is 1. The van der Waals surface area contributed by atoms with E-state index >= 15 is 0 Å². The van der Waals surface area contributed by atoms with Crippen molar-refractivity contribution in [2.24, 2.45) is 4.99 Å². The second-order valence-corrected chi connectivity index (χ2v) is 3.93. The molecule has 2 aromatic rings. The molecule has 17 heavy (non-hydrogen) atoms. The Labute approximate surface area is 98.1 Å². The van der Waals surface area contributed by atoms with Crippen LogP contribution in [0.1, 0.15) is 0 Å². The van der Waals surface area contributed by atoms with Gasteiger partial charge in [0.2, 0.25) is 0 Å². The van der Waals surface area contributed by atoms with Crippen molar-refractivity contribution in [3.05, 3.63) is 53.4 Å². The van der Waals surface area contributed by atoms with Gasteiger partial charge in [0.1, 0.15) is 0 Å². The lowest BCUT2D eigenvalue weighted by Crippen LogP contribution is -2.34. The van der Waals surface area contributed by atoms with E-state index in [9.17, 15) is 0 Å². The van der Waals surface area contributed by atoms with Crippen LogP contribution in [0.4, 0.5) is 0 Å². The molecular weight excluding hydrogens is 212 g/mol. The largest absolute Gasteiger partial charge is 0.427 e. The summed E-state index contributed by atoms with van der Waals surface area (Å²) in [6.07, 6.45) is 1.80. The van der Waals surface area contributed by atoms with Crippen LogP contribution < -0.4 is 15.4 Å². The summed E-state index contributed by atoms with van der Waals surface area (Å²) in [6, 6.07) is 12.1. The van der Waals surface area contributed by atoms with Crippen molar-refractivity contribution in [3.63, 3.8) is 0 Å². The van der Waals surface area contributed by atoms with Gasteiger partial charge in [0.05, 0.1) is 7.05 Å². The van der Waals surface area contributed by atoms with Gasteiger partial charge >= 0.3 is 5.96 Å². The van der Waals surface area contributed by atoms with Crippen LogP contribution in [0.3, 0.4) is 0 Å². The molecule has 3 rings (SSSR count). The smallest absolute Gasteiger partial charge is 0.224 e. The van der Waals surface area contributed by atoms with Gasteiger partial charge in [-0.15, -0.1) is 5.41 Å². The summed E-state index contributed by atoms with van der Waals surface area (Å²) in [7, 11) is 1.83. The molecule has 1 aliphatic rings. The van der Waals surface area contributed by atoms with E-state index in [0.717, 1.165) is 16.5 Å². The summed E-state index contributed by atoms with van der Waals surface area (Å²) in [5.74, 6) is 0.234. The van der Waals surface area contributed by atoms with Gasteiger partial charge < -0.3 is 0 Å². The van der Waals surface area contributed by atoms with Crippen molar-refractivity contribution < 1.29 is 0 Å². The highest BCUT2D eigenvalue weighted by Gasteiger charge is 2.17. The maximum atomic E-state index is 7.63. The van der Waals surface area contributed by atoms with E-state index in [1.54, 1.807) is 10.8 Å². The average Bonchev–Trinajstić information content (AvgIpc) is 2.66. The van der Waals surface area contributed by atoms with Crippen LogP contribution in [0.2, 0.25) is 0 Å². The average molecular weight is 223 g/mol. The zero-order valence-electron chi connectivity index (χ0n) is 9.38. The summed E-state index contributed by atoms with van der Waals surface area (Å²) in [4.78, 5) is 8.35. The number of nitrogens with zero attached hydrogens (tertiary/aromatic N) is 3. The summed E-state index contributed by atoms with van der Waals surface area (Å²) in [5.41, 5.74) is 2.79. The van der Waals surface area contributed by atoms with E-state index in [0.29, 0.717) is 5.49 Å². The maximum absolute atomic E-state index is 7.63. The number of benzene rings is 1. The summed E-state index contributed by atoms with van der Waals surface area (Å²) in [6.45, 7) is 0. The highest BCUT2D eigenvalue weighted by molar-refractivity contribution is 5.80. The lowest BCUT2D eigenvalue weighted by molar-refractivity contribution is 0.933. The summed E-state index contributed by atoms with van der Waals surface area (Å²) >= 11 is 0. The number of guanidine groups is 1. The molecule has 0 atom stereocenters. The normalized spacial score (nSPS) is 13.5. The topological polar surface area (TPSA) is 52.1 Å². The number of hydrogen-bond acceptors (Lipinski definition) is 2. The molecule has 2 heterocycles. The fraction of sp³-hybridized carbons (Fsp3) is 0.0769. The Morgan fingerprint density at radius 3 is 2.65 bits per heavy atom. The van der Waals surface area contributed by atoms with Crippen molar-refractivity contribution in [2.75, 3.05) is 7.05 Å². The van der Waals surface area contributed by atoms with Crippen molar-refractivity contribution in [1.82, 2.24) is 9.56 Å². The molecule has 0 fully saturated rings. The van der Waals surface area contributed by atoms with Crippen LogP contribution in [0.25, 0.3) is 11.1 Å². The number of nitrogens with one attached hydrogen (secondary N) is 1. The van der Waals surface area contributed by atoms with E-state index < -0.39 is 0 Å². The lowest BCUT2D eigenvalue weighted by Gasteiger charge is -1.98.